The molecule has 0 bridgehead atoms. The SMILES string of the molecule is COCCOC1(C(F)(F)F)Oc2ccccc2C=C1C(=O)O. The first-order valence-electron chi connectivity index (χ1n) is 6.25. The van der Waals surface area contributed by atoms with Crippen molar-refractivity contribution in [1.29, 1.82) is 0 Å². The van der Waals surface area contributed by atoms with Gasteiger partial charge in [0.25, 0.3) is 0 Å². The summed E-state index contributed by atoms with van der Waals surface area (Å²) in [4.78, 5) is 11.3. The zero-order valence-electron chi connectivity index (χ0n) is 11.5. The van der Waals surface area contributed by atoms with Crippen LogP contribution in [0.3, 0.4) is 0 Å². The van der Waals surface area contributed by atoms with E-state index >= 15 is 0 Å². The third-order valence-electron chi connectivity index (χ3n) is 3.02. The molecule has 0 fully saturated rings. The molecular formula is C14H13F3O5. The summed E-state index contributed by atoms with van der Waals surface area (Å²) in [6.07, 6.45) is -4.18. The summed E-state index contributed by atoms with van der Waals surface area (Å²) in [5, 5.41) is 9.16. The molecule has 0 saturated heterocycles. The van der Waals surface area contributed by atoms with E-state index in [2.05, 4.69) is 4.74 Å². The van der Waals surface area contributed by atoms with E-state index in [0.29, 0.717) is 0 Å². The van der Waals surface area contributed by atoms with Crippen LogP contribution in [0.25, 0.3) is 6.08 Å². The number of aliphatic carboxylic acids is 1. The van der Waals surface area contributed by atoms with Gasteiger partial charge in [0.2, 0.25) is 0 Å². The number of ether oxygens (including phenoxy) is 3. The third kappa shape index (κ3) is 2.79. The average Bonchev–Trinajstić information content (AvgIpc) is 2.45. The molecule has 1 aromatic rings. The van der Waals surface area contributed by atoms with Crippen LogP contribution >= 0.6 is 0 Å². The normalized spacial score (nSPS) is 20.8. The second-order valence-electron chi connectivity index (χ2n) is 4.46. The fraction of sp³-hybridized carbons (Fsp3) is 0.357. The van der Waals surface area contributed by atoms with E-state index in [9.17, 15) is 18.0 Å². The molecule has 5 nitrogen and oxygen atoms in total. The highest BCUT2D eigenvalue weighted by Crippen LogP contribution is 2.46. The van der Waals surface area contributed by atoms with Crippen LogP contribution in [0.2, 0.25) is 0 Å². The molecule has 1 aromatic carbocycles. The maximum absolute atomic E-state index is 13.5. The van der Waals surface area contributed by atoms with Crippen molar-refractivity contribution >= 4 is 12.0 Å². The molecule has 22 heavy (non-hydrogen) atoms. The first kappa shape index (κ1) is 16.3. The van der Waals surface area contributed by atoms with Gasteiger partial charge in [-0.1, -0.05) is 18.2 Å². The van der Waals surface area contributed by atoms with Gasteiger partial charge in [0.15, 0.2) is 0 Å². The second-order valence-corrected chi connectivity index (χ2v) is 4.46. The molecule has 8 heteroatoms. The van der Waals surface area contributed by atoms with Crippen molar-refractivity contribution in [1.82, 2.24) is 0 Å². The van der Waals surface area contributed by atoms with Crippen molar-refractivity contribution < 1.29 is 37.3 Å². The van der Waals surface area contributed by atoms with Gasteiger partial charge in [-0.25, -0.2) is 4.79 Å². The van der Waals surface area contributed by atoms with E-state index in [4.69, 9.17) is 14.6 Å². The molecule has 1 heterocycles. The van der Waals surface area contributed by atoms with Crippen LogP contribution in [-0.2, 0) is 14.3 Å². The molecule has 0 aliphatic carbocycles. The minimum absolute atomic E-state index is 0.109. The molecule has 2 rings (SSSR count). The van der Waals surface area contributed by atoms with Gasteiger partial charge < -0.3 is 19.3 Å². The van der Waals surface area contributed by atoms with Crippen LogP contribution in [0.5, 0.6) is 5.75 Å². The smallest absolute Gasteiger partial charge is 0.460 e. The highest BCUT2D eigenvalue weighted by atomic mass is 19.4. The number of benzene rings is 1. The Bertz CT molecular complexity index is 596. The number of rotatable bonds is 5. The monoisotopic (exact) mass is 318 g/mol. The van der Waals surface area contributed by atoms with Crippen LogP contribution < -0.4 is 4.74 Å². The van der Waals surface area contributed by atoms with Crippen molar-refractivity contribution in [3.63, 3.8) is 0 Å². The van der Waals surface area contributed by atoms with Crippen molar-refractivity contribution in [2.24, 2.45) is 0 Å². The first-order chi connectivity index (χ1) is 10.3. The van der Waals surface area contributed by atoms with E-state index in [0.717, 1.165) is 6.08 Å². The van der Waals surface area contributed by atoms with Crippen molar-refractivity contribution in [3.8, 4) is 5.75 Å². The number of fused-ring (bicyclic) bond motifs is 1. The first-order valence-corrected chi connectivity index (χ1v) is 6.25. The lowest BCUT2D eigenvalue weighted by Gasteiger charge is -2.38. The molecule has 1 N–H and O–H groups in total. The molecule has 1 atom stereocenters. The lowest BCUT2D eigenvalue weighted by atomic mass is 9.98. The molecule has 120 valence electrons. The number of para-hydroxylation sites is 1. The predicted molar refractivity (Wildman–Crippen MR) is 69.3 cm³/mol. The highest BCUT2D eigenvalue weighted by molar-refractivity contribution is 5.95. The summed E-state index contributed by atoms with van der Waals surface area (Å²) in [6, 6.07) is 5.80. The molecule has 0 spiro atoms. The summed E-state index contributed by atoms with van der Waals surface area (Å²) in [5.74, 6) is -5.25. The number of methoxy groups -OCH3 is 1. The van der Waals surface area contributed by atoms with E-state index < -0.39 is 30.1 Å². The summed E-state index contributed by atoms with van der Waals surface area (Å²) in [6.45, 7) is -0.626. The maximum Gasteiger partial charge on any atom is 0.460 e. The van der Waals surface area contributed by atoms with Gasteiger partial charge in [-0.05, 0) is 12.1 Å². The molecule has 0 amide bonds. The number of alkyl halides is 3. The number of hydrogen-bond acceptors (Lipinski definition) is 4. The Morgan fingerprint density at radius 1 is 1.32 bits per heavy atom. The average molecular weight is 318 g/mol. The van der Waals surface area contributed by atoms with Crippen LogP contribution in [0.1, 0.15) is 5.56 Å². The van der Waals surface area contributed by atoms with Gasteiger partial charge in [-0.3, -0.25) is 0 Å². The summed E-state index contributed by atoms with van der Waals surface area (Å²) >= 11 is 0. The Morgan fingerprint density at radius 2 is 2.00 bits per heavy atom. The van der Waals surface area contributed by atoms with Gasteiger partial charge in [0.05, 0.1) is 13.2 Å². The molecule has 0 radical (unpaired) electrons. The predicted octanol–water partition coefficient (Wildman–Crippen LogP) is 2.47. The second kappa shape index (κ2) is 5.98. The Kier molecular flexibility index (Phi) is 4.43. The van der Waals surface area contributed by atoms with E-state index in [1.54, 1.807) is 6.07 Å². The molecule has 1 aliphatic rings. The number of halogens is 3. The van der Waals surface area contributed by atoms with Crippen LogP contribution in [0.15, 0.2) is 29.8 Å². The number of hydrogen-bond donors (Lipinski definition) is 1. The van der Waals surface area contributed by atoms with Gasteiger partial charge in [-0.2, -0.15) is 13.2 Å². The van der Waals surface area contributed by atoms with Crippen LogP contribution in [0.4, 0.5) is 13.2 Å². The summed E-state index contributed by atoms with van der Waals surface area (Å²) in [7, 11) is 1.29. The molecule has 1 unspecified atom stereocenters. The highest BCUT2D eigenvalue weighted by Gasteiger charge is 2.65. The van der Waals surface area contributed by atoms with Crippen molar-refractivity contribution in [3.05, 3.63) is 35.4 Å². The van der Waals surface area contributed by atoms with E-state index in [1.165, 1.54) is 25.3 Å². The van der Waals surface area contributed by atoms with E-state index in [-0.39, 0.29) is 17.9 Å². The molecular weight excluding hydrogens is 305 g/mol. The largest absolute Gasteiger partial charge is 0.478 e. The van der Waals surface area contributed by atoms with Gasteiger partial charge in [0.1, 0.15) is 11.3 Å². The molecule has 1 aliphatic heterocycles. The van der Waals surface area contributed by atoms with Crippen LogP contribution in [-0.4, -0.2) is 43.4 Å². The number of carboxylic acid groups (broad SMARTS) is 1. The Labute approximate surface area is 123 Å². The topological polar surface area (TPSA) is 65.0 Å². The molecule has 0 aromatic heterocycles. The third-order valence-corrected chi connectivity index (χ3v) is 3.02. The summed E-state index contributed by atoms with van der Waals surface area (Å²) < 4.78 is 55.0. The summed E-state index contributed by atoms with van der Waals surface area (Å²) in [5.41, 5.74) is -0.801. The van der Waals surface area contributed by atoms with Gasteiger partial charge in [0, 0.05) is 12.7 Å². The quantitative estimate of drug-likeness (QED) is 0.845. The Morgan fingerprint density at radius 3 is 2.59 bits per heavy atom. The maximum atomic E-state index is 13.5. The van der Waals surface area contributed by atoms with Crippen molar-refractivity contribution in [2.75, 3.05) is 20.3 Å². The Hall–Kier alpha value is -2.06. The molecule has 0 saturated carbocycles. The zero-order chi connectivity index (χ0) is 16.4. The number of carbonyl (C=O) groups is 1. The standard InChI is InChI=1S/C14H13F3O5/c1-20-6-7-21-13(14(15,16)17)10(12(18)19)8-9-4-2-3-5-11(9)22-13/h2-5,8H,6-7H2,1H3,(H,18,19). The van der Waals surface area contributed by atoms with Crippen molar-refractivity contribution in [2.45, 2.75) is 12.0 Å². The van der Waals surface area contributed by atoms with E-state index in [1.807, 2.05) is 0 Å². The minimum Gasteiger partial charge on any atom is -0.478 e. The zero-order valence-corrected chi connectivity index (χ0v) is 11.5. The number of carboxylic acids is 1. The van der Waals surface area contributed by atoms with Crippen LogP contribution in [0, 0.1) is 0 Å². The Balaban J connectivity index is 2.54. The fourth-order valence-corrected chi connectivity index (χ4v) is 2.02. The minimum atomic E-state index is -5.08. The lowest BCUT2D eigenvalue weighted by Crippen LogP contribution is -2.57. The lowest BCUT2D eigenvalue weighted by molar-refractivity contribution is -0.335. The fourth-order valence-electron chi connectivity index (χ4n) is 2.02. The van der Waals surface area contributed by atoms with Gasteiger partial charge in [-0.15, -0.1) is 0 Å². The van der Waals surface area contributed by atoms with Gasteiger partial charge >= 0.3 is 17.9 Å².